The van der Waals surface area contributed by atoms with E-state index in [0.29, 0.717) is 5.56 Å². The first-order valence-corrected chi connectivity index (χ1v) is 6.20. The smallest absolute Gasteiger partial charge is 0.347 e. The number of benzene rings is 1. The molecule has 0 aliphatic heterocycles. The highest BCUT2D eigenvalue weighted by atomic mass is 19.4. The summed E-state index contributed by atoms with van der Waals surface area (Å²) in [5, 5.41) is 2.45. The Balaban J connectivity index is 2.62. The number of rotatable bonds is 5. The lowest BCUT2D eigenvalue weighted by molar-refractivity contribution is -0.138. The van der Waals surface area contributed by atoms with Gasteiger partial charge in [-0.05, 0) is 31.9 Å². The van der Waals surface area contributed by atoms with E-state index in [0.717, 1.165) is 12.1 Å². The molecule has 0 aliphatic carbocycles. The zero-order valence-electron chi connectivity index (χ0n) is 11.3. The van der Waals surface area contributed by atoms with E-state index >= 15 is 0 Å². The van der Waals surface area contributed by atoms with Crippen LogP contribution in [-0.4, -0.2) is 17.7 Å². The van der Waals surface area contributed by atoms with E-state index in [1.807, 2.05) is 0 Å². The van der Waals surface area contributed by atoms with Crippen molar-refractivity contribution in [1.82, 2.24) is 5.32 Å². The van der Waals surface area contributed by atoms with Crippen molar-refractivity contribution in [1.29, 1.82) is 0 Å². The third-order valence-electron chi connectivity index (χ3n) is 2.57. The number of ketones is 1. The minimum atomic E-state index is -4.41. The first-order chi connectivity index (χ1) is 9.20. The predicted molar refractivity (Wildman–Crippen MR) is 68.1 cm³/mol. The van der Waals surface area contributed by atoms with Gasteiger partial charge in [-0.2, -0.15) is 13.2 Å². The summed E-state index contributed by atoms with van der Waals surface area (Å²) in [4.78, 5) is 22.9. The second-order valence-electron chi connectivity index (χ2n) is 4.75. The van der Waals surface area contributed by atoms with Crippen LogP contribution in [0.5, 0.6) is 0 Å². The van der Waals surface area contributed by atoms with E-state index in [1.54, 1.807) is 13.8 Å². The maximum Gasteiger partial charge on any atom is 0.416 e. The topological polar surface area (TPSA) is 46.2 Å². The summed E-state index contributed by atoms with van der Waals surface area (Å²) in [6.07, 6.45) is -4.41. The van der Waals surface area contributed by atoms with Gasteiger partial charge in [0.05, 0.1) is 5.56 Å². The maximum absolute atomic E-state index is 12.5. The molecule has 0 atom stereocenters. The highest BCUT2D eigenvalue weighted by Crippen LogP contribution is 2.29. The normalized spacial score (nSPS) is 11.5. The Morgan fingerprint density at radius 3 is 2.45 bits per heavy atom. The number of carbonyl (C=O) groups excluding carboxylic acids is 2. The molecule has 110 valence electrons. The van der Waals surface area contributed by atoms with Crippen LogP contribution >= 0.6 is 0 Å². The average molecular weight is 287 g/mol. The van der Waals surface area contributed by atoms with Crippen molar-refractivity contribution in [2.45, 2.75) is 38.9 Å². The molecule has 6 heteroatoms. The lowest BCUT2D eigenvalue weighted by Crippen LogP contribution is -2.36. The van der Waals surface area contributed by atoms with Gasteiger partial charge in [0, 0.05) is 12.5 Å². The van der Waals surface area contributed by atoms with Crippen LogP contribution in [0.4, 0.5) is 13.2 Å². The van der Waals surface area contributed by atoms with Gasteiger partial charge >= 0.3 is 6.18 Å². The second-order valence-corrected chi connectivity index (χ2v) is 4.75. The van der Waals surface area contributed by atoms with Crippen LogP contribution < -0.4 is 5.32 Å². The first-order valence-electron chi connectivity index (χ1n) is 6.20. The highest BCUT2D eigenvalue weighted by molar-refractivity contribution is 6.36. The third kappa shape index (κ3) is 5.03. The lowest BCUT2D eigenvalue weighted by Gasteiger charge is -2.09. The van der Waals surface area contributed by atoms with Gasteiger partial charge in [0.1, 0.15) is 0 Å². The molecule has 0 unspecified atom stereocenters. The SMILES string of the molecule is CC(C)NC(=O)C(=O)CCc1cccc(C(F)(F)F)c1. The number of carbonyl (C=O) groups is 2. The second kappa shape index (κ2) is 6.54. The van der Waals surface area contributed by atoms with E-state index < -0.39 is 23.4 Å². The summed E-state index contributed by atoms with van der Waals surface area (Å²) < 4.78 is 37.5. The van der Waals surface area contributed by atoms with Crippen molar-refractivity contribution in [2.24, 2.45) is 0 Å². The monoisotopic (exact) mass is 287 g/mol. The number of nitrogens with one attached hydrogen (secondary N) is 1. The fourth-order valence-electron chi connectivity index (χ4n) is 1.62. The largest absolute Gasteiger partial charge is 0.416 e. The Morgan fingerprint density at radius 1 is 1.25 bits per heavy atom. The number of hydrogen-bond donors (Lipinski definition) is 1. The molecular weight excluding hydrogens is 271 g/mol. The van der Waals surface area contributed by atoms with Crippen LogP contribution in [-0.2, 0) is 22.2 Å². The third-order valence-corrected chi connectivity index (χ3v) is 2.57. The molecule has 1 aromatic carbocycles. The van der Waals surface area contributed by atoms with Gasteiger partial charge in [0.25, 0.3) is 5.91 Å². The summed E-state index contributed by atoms with van der Waals surface area (Å²) in [6.45, 7) is 3.44. The minimum absolute atomic E-state index is 0.105. The molecule has 0 fully saturated rings. The summed E-state index contributed by atoms with van der Waals surface area (Å²) in [5.74, 6) is -1.33. The fraction of sp³-hybridized carbons (Fsp3) is 0.429. The van der Waals surface area contributed by atoms with Crippen LogP contribution in [0.25, 0.3) is 0 Å². The predicted octanol–water partition coefficient (Wildman–Crippen LogP) is 2.73. The van der Waals surface area contributed by atoms with Crippen molar-refractivity contribution in [3.8, 4) is 0 Å². The Morgan fingerprint density at radius 2 is 1.90 bits per heavy atom. The molecule has 0 aliphatic rings. The van der Waals surface area contributed by atoms with E-state index in [9.17, 15) is 22.8 Å². The van der Waals surface area contributed by atoms with Gasteiger partial charge in [0.2, 0.25) is 5.78 Å². The van der Waals surface area contributed by atoms with Crippen LogP contribution in [0.1, 0.15) is 31.4 Å². The molecule has 3 nitrogen and oxygen atoms in total. The molecule has 1 rings (SSSR count). The molecule has 0 radical (unpaired) electrons. The van der Waals surface area contributed by atoms with Crippen molar-refractivity contribution >= 4 is 11.7 Å². The van der Waals surface area contributed by atoms with E-state index in [-0.39, 0.29) is 18.9 Å². The first kappa shape index (κ1) is 16.2. The zero-order chi connectivity index (χ0) is 15.3. The maximum atomic E-state index is 12.5. The number of Topliss-reactive ketones (excluding diaryl/α,β-unsaturated/α-hetero) is 1. The summed E-state index contributed by atoms with van der Waals surface area (Å²) in [6, 6.07) is 4.60. The van der Waals surface area contributed by atoms with E-state index in [1.165, 1.54) is 12.1 Å². The number of amides is 1. The van der Waals surface area contributed by atoms with Crippen LogP contribution in [0.3, 0.4) is 0 Å². The molecule has 0 aromatic heterocycles. The van der Waals surface area contributed by atoms with Crippen molar-refractivity contribution in [3.63, 3.8) is 0 Å². The number of alkyl halides is 3. The quantitative estimate of drug-likeness (QED) is 0.846. The molecule has 0 spiro atoms. The van der Waals surface area contributed by atoms with Gasteiger partial charge in [-0.25, -0.2) is 0 Å². The van der Waals surface area contributed by atoms with E-state index in [4.69, 9.17) is 0 Å². The van der Waals surface area contributed by atoms with Gasteiger partial charge < -0.3 is 5.32 Å². The van der Waals surface area contributed by atoms with Gasteiger partial charge in [0.15, 0.2) is 0 Å². The molecule has 0 saturated carbocycles. The Kier molecular flexibility index (Phi) is 5.30. The van der Waals surface area contributed by atoms with Crippen molar-refractivity contribution in [3.05, 3.63) is 35.4 Å². The number of hydrogen-bond acceptors (Lipinski definition) is 2. The highest BCUT2D eigenvalue weighted by Gasteiger charge is 2.30. The van der Waals surface area contributed by atoms with Gasteiger partial charge in [-0.1, -0.05) is 18.2 Å². The van der Waals surface area contributed by atoms with Crippen molar-refractivity contribution in [2.75, 3.05) is 0 Å². The molecule has 1 amide bonds. The van der Waals surface area contributed by atoms with E-state index in [2.05, 4.69) is 5.32 Å². The zero-order valence-corrected chi connectivity index (χ0v) is 11.3. The molecule has 20 heavy (non-hydrogen) atoms. The molecule has 0 heterocycles. The summed E-state index contributed by atoms with van der Waals surface area (Å²) in [5.41, 5.74) is -0.375. The Labute approximate surface area is 115 Å². The molecule has 0 bridgehead atoms. The van der Waals surface area contributed by atoms with Gasteiger partial charge in [-0.3, -0.25) is 9.59 Å². The number of halogens is 3. The number of aryl methyl sites for hydroxylation is 1. The summed E-state index contributed by atoms with van der Waals surface area (Å²) >= 11 is 0. The Hall–Kier alpha value is -1.85. The van der Waals surface area contributed by atoms with Crippen molar-refractivity contribution < 1.29 is 22.8 Å². The van der Waals surface area contributed by atoms with Gasteiger partial charge in [-0.15, -0.1) is 0 Å². The van der Waals surface area contributed by atoms with Crippen LogP contribution in [0.15, 0.2) is 24.3 Å². The molecule has 1 aromatic rings. The summed E-state index contributed by atoms with van der Waals surface area (Å²) in [7, 11) is 0. The standard InChI is InChI=1S/C14H16F3NO2/c1-9(2)18-13(20)12(19)7-6-10-4-3-5-11(8-10)14(15,16)17/h3-5,8-9H,6-7H2,1-2H3,(H,18,20). The molecule has 1 N–H and O–H groups in total. The molecular formula is C14H16F3NO2. The minimum Gasteiger partial charge on any atom is -0.347 e. The Bertz CT molecular complexity index is 495. The lowest BCUT2D eigenvalue weighted by atomic mass is 10.0. The molecule has 0 saturated heterocycles. The van der Waals surface area contributed by atoms with Crippen LogP contribution in [0.2, 0.25) is 0 Å². The van der Waals surface area contributed by atoms with Crippen LogP contribution in [0, 0.1) is 0 Å². The average Bonchev–Trinajstić information content (AvgIpc) is 2.34. The fourth-order valence-corrected chi connectivity index (χ4v) is 1.62.